The Balaban J connectivity index is 1.51. The summed E-state index contributed by atoms with van der Waals surface area (Å²) in [6.45, 7) is 12.7. The van der Waals surface area contributed by atoms with Crippen LogP contribution >= 0.6 is 11.3 Å². The van der Waals surface area contributed by atoms with E-state index in [9.17, 15) is 24.6 Å². The minimum absolute atomic E-state index is 0.0625. The highest BCUT2D eigenvalue weighted by Crippen LogP contribution is 2.30. The van der Waals surface area contributed by atoms with Gasteiger partial charge in [0.05, 0.1) is 10.9 Å². The summed E-state index contributed by atoms with van der Waals surface area (Å²) in [6.07, 6.45) is 1.10. The number of hydrogen-bond acceptors (Lipinski definition) is 8. The Morgan fingerprint density at radius 3 is 1.90 bits per heavy atom. The van der Waals surface area contributed by atoms with Gasteiger partial charge in [-0.1, -0.05) is 90.1 Å². The monoisotopic (exact) mass is 672 g/mol. The molecule has 0 aliphatic carbocycles. The molecule has 2 aromatic heterocycles. The maximum Gasteiger partial charge on any atom is 0.303 e. The first-order chi connectivity index (χ1) is 22.5. The maximum atomic E-state index is 13.4. The lowest BCUT2D eigenvalue weighted by Gasteiger charge is -2.24. The molecule has 0 bridgehead atoms. The van der Waals surface area contributed by atoms with Crippen molar-refractivity contribution in [3.63, 3.8) is 0 Å². The number of benzene rings is 2. The van der Waals surface area contributed by atoms with Crippen molar-refractivity contribution >= 4 is 29.1 Å². The van der Waals surface area contributed by atoms with Crippen molar-refractivity contribution < 1.29 is 29.7 Å². The van der Waals surface area contributed by atoms with Crippen LogP contribution in [-0.2, 0) is 26.8 Å². The lowest BCUT2D eigenvalue weighted by atomic mass is 9.86. The summed E-state index contributed by atoms with van der Waals surface area (Å²) in [5.41, 5.74) is 4.56. The summed E-state index contributed by atoms with van der Waals surface area (Å²) >= 11 is 1.34. The van der Waals surface area contributed by atoms with E-state index in [2.05, 4.69) is 65.6 Å². The van der Waals surface area contributed by atoms with Gasteiger partial charge in [0.15, 0.2) is 12.1 Å². The van der Waals surface area contributed by atoms with E-state index >= 15 is 0 Å². The molecule has 5 N–H and O–H groups in total. The molecule has 2 aromatic carbocycles. The third-order valence-electron chi connectivity index (χ3n) is 7.94. The molecule has 4 rings (SSSR count). The number of carbonyl (C=O) groups excluding carboxylic acids is 2. The zero-order valence-electron chi connectivity index (χ0n) is 28.2. The molecule has 2 heterocycles. The quantitative estimate of drug-likeness (QED) is 0.124. The van der Waals surface area contributed by atoms with Gasteiger partial charge in [-0.15, -0.1) is 11.3 Å². The first-order valence-corrected chi connectivity index (χ1v) is 16.6. The fourth-order valence-electron chi connectivity index (χ4n) is 4.97. The topological polar surface area (TPSA) is 162 Å². The van der Waals surface area contributed by atoms with Gasteiger partial charge >= 0.3 is 5.97 Å². The lowest BCUT2D eigenvalue weighted by molar-refractivity contribution is -0.139. The van der Waals surface area contributed by atoms with Gasteiger partial charge in [-0.3, -0.25) is 14.4 Å². The van der Waals surface area contributed by atoms with Gasteiger partial charge in [-0.05, 0) is 46.1 Å². The van der Waals surface area contributed by atoms with E-state index in [0.29, 0.717) is 10.7 Å². The van der Waals surface area contributed by atoms with Gasteiger partial charge in [0.25, 0.3) is 5.91 Å². The predicted octanol–water partition coefficient (Wildman–Crippen LogP) is 5.47. The lowest BCUT2D eigenvalue weighted by Crippen LogP contribution is -2.53. The van der Waals surface area contributed by atoms with Crippen molar-refractivity contribution in [2.45, 2.75) is 90.0 Å². The van der Waals surface area contributed by atoms with Crippen molar-refractivity contribution in [2.75, 3.05) is 0 Å². The Kier molecular flexibility index (Phi) is 11.5. The standard InChI is InChI=1S/C37H44N4O6S/c1-36(2,3)26-13-11-23(12-14-26)25-20-38-32(39-21-25)24-9-7-22(8-10-24)19-28(33(44)40-27(35(46)47)15-18-31(42)43)41-34(45)29-16-17-30(48-29)37(4,5)6/h7-14,16-17,20-21,27-28,35,46-47H,15,18-19H2,1-6H3,(H,40,44)(H,41,45)(H,42,43)/t27-,28-/m0/s1. The normalized spacial score (nSPS) is 13.2. The van der Waals surface area contributed by atoms with Crippen LogP contribution in [0.15, 0.2) is 73.1 Å². The maximum absolute atomic E-state index is 13.4. The van der Waals surface area contributed by atoms with Gasteiger partial charge in [0, 0.05) is 41.2 Å². The number of hydrogen-bond donors (Lipinski definition) is 5. The van der Waals surface area contributed by atoms with Crippen LogP contribution in [0.5, 0.6) is 0 Å². The zero-order valence-corrected chi connectivity index (χ0v) is 29.0. The highest BCUT2D eigenvalue weighted by Gasteiger charge is 2.28. The van der Waals surface area contributed by atoms with E-state index in [1.165, 1.54) is 16.9 Å². The minimum Gasteiger partial charge on any atom is -0.481 e. The van der Waals surface area contributed by atoms with Crippen LogP contribution in [0, 0.1) is 0 Å². The van der Waals surface area contributed by atoms with Crippen molar-refractivity contribution in [3.05, 3.63) is 93.9 Å². The number of thiophene rings is 1. The summed E-state index contributed by atoms with van der Waals surface area (Å²) in [5, 5.41) is 33.9. The average molecular weight is 673 g/mol. The van der Waals surface area contributed by atoms with Crippen LogP contribution in [0.2, 0.25) is 0 Å². The molecule has 10 nitrogen and oxygen atoms in total. The summed E-state index contributed by atoms with van der Waals surface area (Å²) < 4.78 is 0. The molecule has 0 aliphatic heterocycles. The Morgan fingerprint density at radius 1 is 0.771 bits per heavy atom. The van der Waals surface area contributed by atoms with Crippen molar-refractivity contribution in [2.24, 2.45) is 0 Å². The smallest absolute Gasteiger partial charge is 0.303 e. The van der Waals surface area contributed by atoms with Crippen molar-refractivity contribution in [1.82, 2.24) is 20.6 Å². The van der Waals surface area contributed by atoms with E-state index in [4.69, 9.17) is 5.11 Å². The second kappa shape index (κ2) is 15.2. The van der Waals surface area contributed by atoms with Crippen LogP contribution in [0.3, 0.4) is 0 Å². The molecule has 254 valence electrons. The molecule has 2 amide bonds. The zero-order chi connectivity index (χ0) is 35.2. The van der Waals surface area contributed by atoms with Crippen LogP contribution in [0.25, 0.3) is 22.5 Å². The number of nitrogens with one attached hydrogen (secondary N) is 2. The summed E-state index contributed by atoms with van der Waals surface area (Å²) in [5.74, 6) is -1.72. The molecule has 48 heavy (non-hydrogen) atoms. The molecule has 4 aromatic rings. The number of carbonyl (C=O) groups is 3. The Bertz CT molecular complexity index is 1700. The number of aliphatic hydroxyl groups is 2. The highest BCUT2D eigenvalue weighted by atomic mass is 32.1. The summed E-state index contributed by atoms with van der Waals surface area (Å²) in [4.78, 5) is 48.4. The number of carboxylic acids is 1. The number of amides is 2. The van der Waals surface area contributed by atoms with E-state index < -0.39 is 36.2 Å². The fraction of sp³-hybridized carbons (Fsp3) is 0.378. The minimum atomic E-state index is -1.98. The van der Waals surface area contributed by atoms with Crippen LogP contribution < -0.4 is 10.6 Å². The Morgan fingerprint density at radius 2 is 1.38 bits per heavy atom. The van der Waals surface area contributed by atoms with Gasteiger partial charge in [0.1, 0.15) is 6.04 Å². The number of rotatable bonds is 12. The molecular weight excluding hydrogens is 628 g/mol. The number of nitrogens with zero attached hydrogens (tertiary/aromatic N) is 2. The Labute approximate surface area is 285 Å². The molecule has 2 atom stereocenters. The van der Waals surface area contributed by atoms with Crippen LogP contribution in [-0.4, -0.2) is 61.4 Å². The van der Waals surface area contributed by atoms with Crippen molar-refractivity contribution in [3.8, 4) is 22.5 Å². The Hall–Kier alpha value is -4.45. The largest absolute Gasteiger partial charge is 0.481 e. The third kappa shape index (κ3) is 9.79. The van der Waals surface area contributed by atoms with E-state index in [0.717, 1.165) is 27.1 Å². The second-order valence-electron chi connectivity index (χ2n) is 13.9. The molecule has 11 heteroatoms. The molecule has 0 radical (unpaired) electrons. The summed E-state index contributed by atoms with van der Waals surface area (Å²) in [6, 6.07) is 16.9. The third-order valence-corrected chi connectivity index (χ3v) is 9.45. The molecule has 0 saturated carbocycles. The average Bonchev–Trinajstić information content (AvgIpc) is 3.54. The van der Waals surface area contributed by atoms with Gasteiger partial charge in [-0.2, -0.15) is 0 Å². The SMILES string of the molecule is CC(C)(C)c1ccc(-c2cnc(-c3ccc(C[C@H](NC(=O)c4ccc(C(C)(C)C)s4)C(=O)N[C@@H](CCC(=O)O)C(O)O)cc3)nc2)cc1. The molecule has 0 aliphatic rings. The summed E-state index contributed by atoms with van der Waals surface area (Å²) in [7, 11) is 0. The van der Waals surface area contributed by atoms with Crippen LogP contribution in [0.4, 0.5) is 0 Å². The van der Waals surface area contributed by atoms with Crippen LogP contribution in [0.1, 0.15) is 80.1 Å². The highest BCUT2D eigenvalue weighted by molar-refractivity contribution is 7.14. The van der Waals surface area contributed by atoms with Crippen molar-refractivity contribution in [1.29, 1.82) is 0 Å². The molecule has 0 saturated heterocycles. The van der Waals surface area contributed by atoms with Gasteiger partial charge in [-0.25, -0.2) is 9.97 Å². The fourth-order valence-corrected chi connectivity index (χ4v) is 5.94. The number of carboxylic acid groups (broad SMARTS) is 1. The molecular formula is C37H44N4O6S. The molecule has 0 fully saturated rings. The number of aromatic nitrogens is 2. The predicted molar refractivity (Wildman–Crippen MR) is 187 cm³/mol. The van der Waals surface area contributed by atoms with E-state index in [1.807, 2.05) is 51.1 Å². The molecule has 0 spiro atoms. The van der Waals surface area contributed by atoms with Gasteiger partial charge < -0.3 is 26.0 Å². The van der Waals surface area contributed by atoms with E-state index in [-0.39, 0.29) is 30.1 Å². The first-order valence-electron chi connectivity index (χ1n) is 15.8. The first kappa shape index (κ1) is 36.4. The molecule has 0 unspecified atom stereocenters. The number of aliphatic carboxylic acids is 1. The van der Waals surface area contributed by atoms with E-state index in [1.54, 1.807) is 18.5 Å². The second-order valence-corrected chi connectivity index (χ2v) is 15.0. The number of aliphatic hydroxyl groups excluding tert-OH is 1. The van der Waals surface area contributed by atoms with Gasteiger partial charge in [0.2, 0.25) is 5.91 Å².